The van der Waals surface area contributed by atoms with Crippen molar-refractivity contribution < 1.29 is 0 Å². The molecule has 2 heterocycles. The Hall–Kier alpha value is -2.54. The van der Waals surface area contributed by atoms with Gasteiger partial charge in [0.1, 0.15) is 6.04 Å². The summed E-state index contributed by atoms with van der Waals surface area (Å²) in [6.07, 6.45) is 5.87. The quantitative estimate of drug-likeness (QED) is 0.665. The molecule has 1 saturated carbocycles. The van der Waals surface area contributed by atoms with Crippen molar-refractivity contribution in [2.45, 2.75) is 71.9 Å². The van der Waals surface area contributed by atoms with E-state index in [9.17, 15) is 4.79 Å². The van der Waals surface area contributed by atoms with E-state index in [0.717, 1.165) is 48.2 Å². The van der Waals surface area contributed by atoms with Gasteiger partial charge in [0.2, 0.25) is 0 Å². The van der Waals surface area contributed by atoms with Crippen LogP contribution in [-0.4, -0.2) is 43.2 Å². The van der Waals surface area contributed by atoms with Crippen molar-refractivity contribution in [1.29, 1.82) is 0 Å². The Kier molecular flexibility index (Phi) is 5.99. The maximum atomic E-state index is 13.3. The van der Waals surface area contributed by atoms with E-state index < -0.39 is 0 Å². The van der Waals surface area contributed by atoms with Gasteiger partial charge < -0.3 is 4.98 Å². The zero-order valence-electron chi connectivity index (χ0n) is 18.5. The van der Waals surface area contributed by atoms with Gasteiger partial charge in [-0.15, -0.1) is 5.10 Å². The van der Waals surface area contributed by atoms with Crippen LogP contribution in [0.25, 0.3) is 10.9 Å². The van der Waals surface area contributed by atoms with Gasteiger partial charge in [0.25, 0.3) is 5.56 Å². The molecule has 0 unspecified atom stereocenters. The van der Waals surface area contributed by atoms with E-state index >= 15 is 0 Å². The smallest absolute Gasteiger partial charge is 0.253 e. The van der Waals surface area contributed by atoms with E-state index in [1.54, 1.807) is 0 Å². The van der Waals surface area contributed by atoms with Crippen molar-refractivity contribution in [3.05, 3.63) is 51.1 Å². The Morgan fingerprint density at radius 3 is 2.57 bits per heavy atom. The lowest BCUT2D eigenvalue weighted by Gasteiger charge is -2.31. The summed E-state index contributed by atoms with van der Waals surface area (Å²) >= 11 is 0. The number of nitrogens with zero attached hydrogens (tertiary/aromatic N) is 5. The van der Waals surface area contributed by atoms with Gasteiger partial charge in [-0.2, -0.15) is 0 Å². The Labute approximate surface area is 177 Å². The first kappa shape index (κ1) is 20.7. The Morgan fingerprint density at radius 1 is 1.13 bits per heavy atom. The summed E-state index contributed by atoms with van der Waals surface area (Å²) in [7, 11) is 0. The highest BCUT2D eigenvalue weighted by Gasteiger charge is 2.31. The normalized spacial score (nSPS) is 16.4. The summed E-state index contributed by atoms with van der Waals surface area (Å²) in [6.45, 7) is 9.98. The highest BCUT2D eigenvalue weighted by molar-refractivity contribution is 5.83. The van der Waals surface area contributed by atoms with Crippen molar-refractivity contribution in [3.63, 3.8) is 0 Å². The SMILES string of the molecule is CCN(CC)[C@H](c1cc2cc(C)cc(C)c2[nH]c1=O)c1nnnn1C1CCCCC1. The van der Waals surface area contributed by atoms with Crippen LogP contribution in [-0.2, 0) is 0 Å². The third-order valence-corrected chi connectivity index (χ3v) is 6.48. The average Bonchev–Trinajstić information content (AvgIpc) is 3.22. The molecule has 1 aliphatic carbocycles. The van der Waals surface area contributed by atoms with Gasteiger partial charge in [-0.05, 0) is 73.3 Å². The lowest BCUT2D eigenvalue weighted by Crippen LogP contribution is -2.36. The molecule has 1 fully saturated rings. The highest BCUT2D eigenvalue weighted by Crippen LogP contribution is 2.33. The number of aromatic nitrogens is 5. The lowest BCUT2D eigenvalue weighted by atomic mass is 9.95. The minimum absolute atomic E-state index is 0.0652. The Morgan fingerprint density at radius 2 is 1.87 bits per heavy atom. The van der Waals surface area contributed by atoms with Gasteiger partial charge in [0, 0.05) is 5.56 Å². The number of H-pyrrole nitrogens is 1. The van der Waals surface area contributed by atoms with Crippen LogP contribution in [0.5, 0.6) is 0 Å². The van der Waals surface area contributed by atoms with Gasteiger partial charge in [-0.3, -0.25) is 9.69 Å². The van der Waals surface area contributed by atoms with Crippen molar-refractivity contribution >= 4 is 10.9 Å². The van der Waals surface area contributed by atoms with Crippen LogP contribution in [0.2, 0.25) is 0 Å². The monoisotopic (exact) mass is 408 g/mol. The maximum absolute atomic E-state index is 13.3. The number of hydrogen-bond donors (Lipinski definition) is 1. The first-order valence-corrected chi connectivity index (χ1v) is 11.2. The van der Waals surface area contributed by atoms with Crippen LogP contribution in [0, 0.1) is 13.8 Å². The molecule has 1 aromatic carbocycles. The second-order valence-electron chi connectivity index (χ2n) is 8.50. The molecule has 3 aromatic rings. The number of fused-ring (bicyclic) bond motifs is 1. The van der Waals surface area contributed by atoms with Crippen LogP contribution in [0.4, 0.5) is 0 Å². The van der Waals surface area contributed by atoms with Gasteiger partial charge in [0.15, 0.2) is 5.82 Å². The number of pyridine rings is 1. The summed E-state index contributed by atoms with van der Waals surface area (Å²) in [5.41, 5.74) is 3.82. The molecule has 7 nitrogen and oxygen atoms in total. The van der Waals surface area contributed by atoms with Crippen LogP contribution >= 0.6 is 0 Å². The minimum Gasteiger partial charge on any atom is -0.321 e. The van der Waals surface area contributed by atoms with Crippen LogP contribution in [0.3, 0.4) is 0 Å². The number of tetrazole rings is 1. The molecule has 2 aromatic heterocycles. The predicted molar refractivity (Wildman–Crippen MR) is 119 cm³/mol. The molecular weight excluding hydrogens is 376 g/mol. The highest BCUT2D eigenvalue weighted by atomic mass is 16.1. The molecule has 4 rings (SSSR count). The summed E-state index contributed by atoms with van der Waals surface area (Å²) in [5.74, 6) is 0.778. The second-order valence-corrected chi connectivity index (χ2v) is 8.50. The van der Waals surface area contributed by atoms with E-state index in [0.29, 0.717) is 11.6 Å². The zero-order valence-corrected chi connectivity index (χ0v) is 18.5. The van der Waals surface area contributed by atoms with Crippen LogP contribution in [0.15, 0.2) is 23.0 Å². The number of aromatic amines is 1. The predicted octanol–water partition coefficient (Wildman–Crippen LogP) is 4.07. The van der Waals surface area contributed by atoms with Crippen molar-refractivity contribution in [1.82, 2.24) is 30.1 Å². The lowest BCUT2D eigenvalue weighted by molar-refractivity contribution is 0.222. The molecule has 0 spiro atoms. The fourth-order valence-corrected chi connectivity index (χ4v) is 4.96. The second kappa shape index (κ2) is 8.68. The van der Waals surface area contributed by atoms with E-state index in [2.05, 4.69) is 58.3 Å². The molecule has 1 atom stereocenters. The van der Waals surface area contributed by atoms with E-state index in [1.807, 2.05) is 17.7 Å². The molecule has 7 heteroatoms. The third-order valence-electron chi connectivity index (χ3n) is 6.48. The largest absolute Gasteiger partial charge is 0.321 e. The van der Waals surface area contributed by atoms with Crippen molar-refractivity contribution in [3.8, 4) is 0 Å². The molecule has 0 radical (unpaired) electrons. The fraction of sp³-hybridized carbons (Fsp3) is 0.565. The molecule has 160 valence electrons. The summed E-state index contributed by atoms with van der Waals surface area (Å²) in [5, 5.41) is 13.9. The van der Waals surface area contributed by atoms with Gasteiger partial charge in [0.05, 0.1) is 11.6 Å². The summed E-state index contributed by atoms with van der Waals surface area (Å²) in [6, 6.07) is 6.31. The molecule has 0 aliphatic heterocycles. The zero-order chi connectivity index (χ0) is 21.3. The molecule has 30 heavy (non-hydrogen) atoms. The van der Waals surface area contributed by atoms with Crippen LogP contribution in [0.1, 0.15) is 80.6 Å². The third kappa shape index (κ3) is 3.78. The Balaban J connectivity index is 1.88. The van der Waals surface area contributed by atoms with Gasteiger partial charge >= 0.3 is 0 Å². The topological polar surface area (TPSA) is 79.7 Å². The molecule has 1 N–H and O–H groups in total. The Bertz CT molecular complexity index is 1070. The van der Waals surface area contributed by atoms with Crippen molar-refractivity contribution in [2.24, 2.45) is 0 Å². The first-order chi connectivity index (χ1) is 14.5. The number of hydrogen-bond acceptors (Lipinski definition) is 5. The fourth-order valence-electron chi connectivity index (χ4n) is 4.96. The number of aryl methyl sites for hydroxylation is 2. The average molecular weight is 409 g/mol. The number of benzene rings is 1. The number of rotatable bonds is 6. The first-order valence-electron chi connectivity index (χ1n) is 11.2. The standard InChI is InChI=1S/C23H32N6O/c1-5-28(6-2)21(22-25-26-27-29(22)18-10-8-7-9-11-18)19-14-17-13-15(3)12-16(4)20(17)24-23(19)30/h12-14,18,21H,5-11H2,1-4H3,(H,24,30)/t21-/m1/s1. The summed E-state index contributed by atoms with van der Waals surface area (Å²) in [4.78, 5) is 18.7. The summed E-state index contributed by atoms with van der Waals surface area (Å²) < 4.78 is 1.99. The molecule has 0 amide bonds. The number of nitrogens with one attached hydrogen (secondary N) is 1. The van der Waals surface area contributed by atoms with E-state index in [1.165, 1.54) is 24.8 Å². The maximum Gasteiger partial charge on any atom is 0.253 e. The molecule has 1 aliphatic rings. The molecule has 0 bridgehead atoms. The van der Waals surface area contributed by atoms with Gasteiger partial charge in [-0.25, -0.2) is 4.68 Å². The van der Waals surface area contributed by atoms with E-state index in [4.69, 9.17) is 0 Å². The molecule has 0 saturated heterocycles. The molecular formula is C23H32N6O. The van der Waals surface area contributed by atoms with Gasteiger partial charge in [-0.1, -0.05) is 44.7 Å². The van der Waals surface area contributed by atoms with E-state index in [-0.39, 0.29) is 11.6 Å². The van der Waals surface area contributed by atoms with Crippen LogP contribution < -0.4 is 5.56 Å². The minimum atomic E-state index is -0.272. The van der Waals surface area contributed by atoms with Crippen molar-refractivity contribution in [2.75, 3.05) is 13.1 Å².